The first-order chi connectivity index (χ1) is 11.1. The molecule has 1 fully saturated rings. The Morgan fingerprint density at radius 3 is 2.52 bits per heavy atom. The average Bonchev–Trinajstić information content (AvgIpc) is 2.59. The Kier molecular flexibility index (Phi) is 6.64. The molecule has 1 heterocycles. The second-order valence-corrected chi connectivity index (χ2v) is 7.15. The van der Waals surface area contributed by atoms with Crippen molar-refractivity contribution in [2.75, 3.05) is 53.6 Å². The molecule has 0 atom stereocenters. The van der Waals surface area contributed by atoms with E-state index in [0.29, 0.717) is 18.0 Å². The summed E-state index contributed by atoms with van der Waals surface area (Å²) < 4.78 is 42.8. The zero-order valence-corrected chi connectivity index (χ0v) is 14.4. The molecule has 0 bridgehead atoms. The van der Waals surface area contributed by atoms with Gasteiger partial charge in [-0.1, -0.05) is 0 Å². The molecule has 1 saturated heterocycles. The fourth-order valence-electron chi connectivity index (χ4n) is 2.52. The van der Waals surface area contributed by atoms with Crippen LogP contribution in [0.25, 0.3) is 0 Å². The molecule has 7 nitrogen and oxygen atoms in total. The standard InChI is InChI=1S/C15H24N2O5S/c1-20-14-5-4-13(12-15(14)21-2)23(18,19)16-6-3-7-17-8-10-22-11-9-17/h4-5,12,16H,3,6-11H2,1-2H3/p+1. The van der Waals surface area contributed by atoms with Gasteiger partial charge in [-0.2, -0.15) is 0 Å². The Bertz CT molecular complexity index is 600. The summed E-state index contributed by atoms with van der Waals surface area (Å²) >= 11 is 0. The third kappa shape index (κ3) is 5.07. The van der Waals surface area contributed by atoms with Gasteiger partial charge in [0, 0.05) is 19.0 Å². The first kappa shape index (κ1) is 18.0. The van der Waals surface area contributed by atoms with Crippen LogP contribution in [0, 0.1) is 0 Å². The summed E-state index contributed by atoms with van der Waals surface area (Å²) in [7, 11) is -0.549. The van der Waals surface area contributed by atoms with E-state index in [1.54, 1.807) is 6.07 Å². The van der Waals surface area contributed by atoms with Crippen molar-refractivity contribution >= 4 is 10.0 Å². The SMILES string of the molecule is COc1ccc(S(=O)(=O)NCCC[NH+]2CCOCC2)cc1OC. The summed E-state index contributed by atoms with van der Waals surface area (Å²) in [6.07, 6.45) is 0.794. The first-order valence-electron chi connectivity index (χ1n) is 7.70. The number of nitrogens with one attached hydrogen (secondary N) is 2. The van der Waals surface area contributed by atoms with Crippen LogP contribution in [-0.2, 0) is 14.8 Å². The maximum Gasteiger partial charge on any atom is 0.240 e. The number of rotatable bonds is 8. The summed E-state index contributed by atoms with van der Waals surface area (Å²) in [6, 6.07) is 4.57. The summed E-state index contributed by atoms with van der Waals surface area (Å²) in [6.45, 7) is 4.91. The van der Waals surface area contributed by atoms with Gasteiger partial charge in [0.05, 0.1) is 38.9 Å². The highest BCUT2D eigenvalue weighted by Crippen LogP contribution is 2.29. The van der Waals surface area contributed by atoms with E-state index in [4.69, 9.17) is 14.2 Å². The van der Waals surface area contributed by atoms with E-state index in [0.717, 1.165) is 39.3 Å². The van der Waals surface area contributed by atoms with E-state index < -0.39 is 10.0 Å². The largest absolute Gasteiger partial charge is 0.493 e. The van der Waals surface area contributed by atoms with Crippen LogP contribution < -0.4 is 19.1 Å². The Morgan fingerprint density at radius 1 is 1.17 bits per heavy atom. The minimum absolute atomic E-state index is 0.175. The topological polar surface area (TPSA) is 78.3 Å². The Morgan fingerprint density at radius 2 is 1.87 bits per heavy atom. The molecule has 2 rings (SSSR count). The molecular formula is C15H25N2O5S+. The fraction of sp³-hybridized carbons (Fsp3) is 0.600. The van der Waals surface area contributed by atoms with Gasteiger partial charge in [-0.15, -0.1) is 0 Å². The van der Waals surface area contributed by atoms with Gasteiger partial charge in [0.2, 0.25) is 10.0 Å². The zero-order valence-electron chi connectivity index (χ0n) is 13.6. The summed E-state index contributed by atoms with van der Waals surface area (Å²) in [5.41, 5.74) is 0. The van der Waals surface area contributed by atoms with Crippen LogP contribution in [0.5, 0.6) is 11.5 Å². The number of sulfonamides is 1. The van der Waals surface area contributed by atoms with Crippen molar-refractivity contribution in [3.8, 4) is 11.5 Å². The number of quaternary nitrogens is 1. The van der Waals surface area contributed by atoms with Crippen LogP contribution in [-0.4, -0.2) is 62.0 Å². The van der Waals surface area contributed by atoms with Crippen molar-refractivity contribution in [1.29, 1.82) is 0 Å². The predicted molar refractivity (Wildman–Crippen MR) is 85.7 cm³/mol. The van der Waals surface area contributed by atoms with Crippen LogP contribution >= 0.6 is 0 Å². The first-order valence-corrected chi connectivity index (χ1v) is 9.18. The number of hydrogen-bond acceptors (Lipinski definition) is 5. The van der Waals surface area contributed by atoms with Gasteiger partial charge in [0.25, 0.3) is 0 Å². The number of benzene rings is 1. The van der Waals surface area contributed by atoms with Crippen LogP contribution in [0.15, 0.2) is 23.1 Å². The Balaban J connectivity index is 1.88. The summed E-state index contributed by atoms with van der Waals surface area (Å²) in [5, 5.41) is 0. The fourth-order valence-corrected chi connectivity index (χ4v) is 3.61. The molecule has 1 aromatic rings. The third-order valence-corrected chi connectivity index (χ3v) is 5.32. The number of methoxy groups -OCH3 is 2. The lowest BCUT2D eigenvalue weighted by Gasteiger charge is -2.23. The van der Waals surface area contributed by atoms with Gasteiger partial charge < -0.3 is 19.1 Å². The molecule has 1 aliphatic rings. The van der Waals surface area contributed by atoms with Crippen molar-refractivity contribution in [1.82, 2.24) is 4.72 Å². The molecule has 0 amide bonds. The zero-order chi connectivity index (χ0) is 16.7. The number of morpholine rings is 1. The quantitative estimate of drug-likeness (QED) is 0.609. The van der Waals surface area contributed by atoms with Gasteiger partial charge in [-0.3, -0.25) is 0 Å². The lowest BCUT2D eigenvalue weighted by atomic mass is 10.3. The van der Waals surface area contributed by atoms with Gasteiger partial charge in [-0.25, -0.2) is 13.1 Å². The molecule has 8 heteroatoms. The molecule has 0 saturated carbocycles. The average molecular weight is 345 g/mol. The minimum atomic E-state index is -3.54. The minimum Gasteiger partial charge on any atom is -0.493 e. The van der Waals surface area contributed by atoms with Gasteiger partial charge >= 0.3 is 0 Å². The molecule has 1 aromatic carbocycles. The monoisotopic (exact) mass is 345 g/mol. The number of ether oxygens (including phenoxy) is 3. The molecule has 0 unspecified atom stereocenters. The predicted octanol–water partition coefficient (Wildman–Crippen LogP) is -0.713. The maximum atomic E-state index is 12.3. The number of hydrogen-bond donors (Lipinski definition) is 2. The smallest absolute Gasteiger partial charge is 0.240 e. The van der Waals surface area contributed by atoms with Crippen LogP contribution in [0.2, 0.25) is 0 Å². The summed E-state index contributed by atoms with van der Waals surface area (Å²) in [5.74, 6) is 0.899. The van der Waals surface area contributed by atoms with E-state index in [-0.39, 0.29) is 4.90 Å². The van der Waals surface area contributed by atoms with Crippen molar-refractivity contribution in [2.24, 2.45) is 0 Å². The van der Waals surface area contributed by atoms with E-state index in [1.807, 2.05) is 0 Å². The highest BCUT2D eigenvalue weighted by atomic mass is 32.2. The molecule has 23 heavy (non-hydrogen) atoms. The van der Waals surface area contributed by atoms with E-state index in [9.17, 15) is 8.42 Å². The van der Waals surface area contributed by atoms with E-state index in [1.165, 1.54) is 31.3 Å². The summed E-state index contributed by atoms with van der Waals surface area (Å²) in [4.78, 5) is 1.63. The molecule has 0 aliphatic carbocycles. The molecule has 1 aliphatic heterocycles. The second-order valence-electron chi connectivity index (χ2n) is 5.38. The van der Waals surface area contributed by atoms with Gasteiger partial charge in [0.15, 0.2) is 11.5 Å². The second kappa shape index (κ2) is 8.49. The highest BCUT2D eigenvalue weighted by molar-refractivity contribution is 7.89. The van der Waals surface area contributed by atoms with Crippen LogP contribution in [0.1, 0.15) is 6.42 Å². The molecule has 0 radical (unpaired) electrons. The molecule has 2 N–H and O–H groups in total. The molecule has 0 spiro atoms. The van der Waals surface area contributed by atoms with Crippen molar-refractivity contribution < 1.29 is 27.5 Å². The van der Waals surface area contributed by atoms with Crippen molar-refractivity contribution in [3.05, 3.63) is 18.2 Å². The molecular weight excluding hydrogens is 320 g/mol. The van der Waals surface area contributed by atoms with Crippen LogP contribution in [0.4, 0.5) is 0 Å². The normalized spacial score (nSPS) is 16.3. The van der Waals surface area contributed by atoms with E-state index >= 15 is 0 Å². The molecule has 130 valence electrons. The van der Waals surface area contributed by atoms with Crippen LogP contribution in [0.3, 0.4) is 0 Å². The Labute approximate surface area is 137 Å². The van der Waals surface area contributed by atoms with Gasteiger partial charge in [-0.05, 0) is 12.1 Å². The molecule has 0 aromatic heterocycles. The van der Waals surface area contributed by atoms with Gasteiger partial charge in [0.1, 0.15) is 13.1 Å². The third-order valence-electron chi connectivity index (χ3n) is 3.86. The van der Waals surface area contributed by atoms with E-state index in [2.05, 4.69) is 4.72 Å². The lowest BCUT2D eigenvalue weighted by Crippen LogP contribution is -3.14. The Hall–Kier alpha value is -1.35. The maximum absolute atomic E-state index is 12.3. The van der Waals surface area contributed by atoms with Crippen molar-refractivity contribution in [2.45, 2.75) is 11.3 Å². The lowest BCUT2D eigenvalue weighted by molar-refractivity contribution is -0.908. The van der Waals surface area contributed by atoms with Crippen molar-refractivity contribution in [3.63, 3.8) is 0 Å². The highest BCUT2D eigenvalue weighted by Gasteiger charge is 2.17.